The van der Waals surface area contributed by atoms with E-state index in [1.165, 1.54) is 6.92 Å². The molecule has 0 aromatic heterocycles. The summed E-state index contributed by atoms with van der Waals surface area (Å²) in [6.45, 7) is 1.25. The van der Waals surface area contributed by atoms with Gasteiger partial charge in [-0.25, -0.2) is 4.79 Å². The van der Waals surface area contributed by atoms with Crippen molar-refractivity contribution >= 4 is 12.0 Å². The smallest absolute Gasteiger partial charge is 0.315 e. The molecule has 7 nitrogen and oxygen atoms in total. The number of carbonyl (C=O) groups excluding carboxylic acids is 1. The number of methoxy groups -OCH3 is 1. The molecule has 110 valence electrons. The molecular formula is C12H22N2O5. The minimum atomic E-state index is -1.46. The van der Waals surface area contributed by atoms with Crippen LogP contribution in [0.1, 0.15) is 32.6 Å². The highest BCUT2D eigenvalue weighted by atomic mass is 16.5. The molecule has 0 radical (unpaired) electrons. The Kier molecular flexibility index (Phi) is 5.56. The second kappa shape index (κ2) is 6.72. The number of hydrogen-bond donors (Lipinski definition) is 4. The van der Waals surface area contributed by atoms with Crippen molar-refractivity contribution in [3.05, 3.63) is 0 Å². The zero-order valence-electron chi connectivity index (χ0n) is 11.3. The third-order valence-electron chi connectivity index (χ3n) is 3.23. The molecule has 0 aromatic rings. The second-order valence-electron chi connectivity index (χ2n) is 5.21. The fraction of sp³-hybridized carbons (Fsp3) is 0.833. The van der Waals surface area contributed by atoms with Gasteiger partial charge in [0.2, 0.25) is 0 Å². The summed E-state index contributed by atoms with van der Waals surface area (Å²) in [5.74, 6) is -1.11. The molecule has 0 aromatic carbocycles. The molecule has 0 heterocycles. The van der Waals surface area contributed by atoms with Gasteiger partial charge in [0.1, 0.15) is 0 Å². The Bertz CT molecular complexity index is 332. The van der Waals surface area contributed by atoms with Gasteiger partial charge < -0.3 is 25.6 Å². The molecule has 4 N–H and O–H groups in total. The van der Waals surface area contributed by atoms with Crippen LogP contribution in [-0.2, 0) is 9.53 Å². The molecule has 1 saturated carbocycles. The average Bonchev–Trinajstić information content (AvgIpc) is 2.72. The van der Waals surface area contributed by atoms with Crippen molar-refractivity contribution in [1.82, 2.24) is 10.6 Å². The van der Waals surface area contributed by atoms with E-state index >= 15 is 0 Å². The normalized spacial score (nSPS) is 25.6. The van der Waals surface area contributed by atoms with Crippen LogP contribution in [-0.4, -0.2) is 53.6 Å². The number of rotatable bonds is 6. The summed E-state index contributed by atoms with van der Waals surface area (Å²) in [4.78, 5) is 22.2. The summed E-state index contributed by atoms with van der Waals surface area (Å²) in [5.41, 5.74) is -1.46. The fourth-order valence-corrected chi connectivity index (χ4v) is 2.25. The summed E-state index contributed by atoms with van der Waals surface area (Å²) >= 11 is 0. The van der Waals surface area contributed by atoms with Gasteiger partial charge in [-0.3, -0.25) is 4.79 Å². The lowest BCUT2D eigenvalue weighted by Crippen LogP contribution is -2.50. The van der Waals surface area contributed by atoms with Gasteiger partial charge in [-0.05, 0) is 26.2 Å². The van der Waals surface area contributed by atoms with Crippen molar-refractivity contribution in [2.45, 2.75) is 50.4 Å². The molecule has 0 bridgehead atoms. The number of urea groups is 1. The first-order valence-electron chi connectivity index (χ1n) is 6.35. The van der Waals surface area contributed by atoms with Gasteiger partial charge in [0.15, 0.2) is 0 Å². The molecule has 1 aliphatic carbocycles. The van der Waals surface area contributed by atoms with Crippen molar-refractivity contribution in [1.29, 1.82) is 0 Å². The lowest BCUT2D eigenvalue weighted by molar-refractivity contribution is -0.141. The highest BCUT2D eigenvalue weighted by Gasteiger charge is 2.29. The first kappa shape index (κ1) is 15.7. The highest BCUT2D eigenvalue weighted by molar-refractivity contribution is 5.74. The van der Waals surface area contributed by atoms with Gasteiger partial charge in [-0.1, -0.05) is 0 Å². The van der Waals surface area contributed by atoms with Crippen LogP contribution in [0.5, 0.6) is 0 Å². The number of carbonyl (C=O) groups is 2. The van der Waals surface area contributed by atoms with Gasteiger partial charge in [0.25, 0.3) is 0 Å². The third-order valence-corrected chi connectivity index (χ3v) is 3.23. The van der Waals surface area contributed by atoms with Crippen molar-refractivity contribution in [3.8, 4) is 0 Å². The van der Waals surface area contributed by atoms with Crippen LogP contribution in [0.3, 0.4) is 0 Å². The average molecular weight is 274 g/mol. The van der Waals surface area contributed by atoms with Crippen LogP contribution in [0.25, 0.3) is 0 Å². The Balaban J connectivity index is 2.33. The zero-order valence-corrected chi connectivity index (χ0v) is 11.3. The lowest BCUT2D eigenvalue weighted by Gasteiger charge is -2.24. The molecule has 0 saturated heterocycles. The summed E-state index contributed by atoms with van der Waals surface area (Å²) in [7, 11) is 1.61. The number of ether oxygens (including phenoxy) is 1. The minimum absolute atomic E-state index is 0.0188. The van der Waals surface area contributed by atoms with Crippen LogP contribution >= 0.6 is 0 Å². The summed E-state index contributed by atoms with van der Waals surface area (Å²) in [5, 5.41) is 23.6. The predicted molar refractivity (Wildman–Crippen MR) is 67.8 cm³/mol. The molecular weight excluding hydrogens is 252 g/mol. The van der Waals surface area contributed by atoms with E-state index in [0.29, 0.717) is 0 Å². The number of carboxylic acids is 1. The van der Waals surface area contributed by atoms with Gasteiger partial charge >= 0.3 is 12.0 Å². The standard InChI is InChI=1S/C12H22N2O5/c1-12(18,6-10(15)16)7-13-11(17)14-8-4-3-5-9(8)19-2/h8-9,18H,3-7H2,1-2H3,(H,15,16)(H2,13,14,17). The Morgan fingerprint density at radius 3 is 2.68 bits per heavy atom. The van der Waals surface area contributed by atoms with E-state index in [-0.39, 0.29) is 18.7 Å². The largest absolute Gasteiger partial charge is 0.481 e. The number of hydrogen-bond acceptors (Lipinski definition) is 4. The van der Waals surface area contributed by atoms with Crippen LogP contribution in [0, 0.1) is 0 Å². The minimum Gasteiger partial charge on any atom is -0.481 e. The summed E-state index contributed by atoms with van der Waals surface area (Å²) in [6, 6.07) is -0.450. The van der Waals surface area contributed by atoms with E-state index in [1.807, 2.05) is 0 Å². The first-order chi connectivity index (χ1) is 8.84. The van der Waals surface area contributed by atoms with E-state index in [9.17, 15) is 14.7 Å². The number of aliphatic hydroxyl groups is 1. The molecule has 0 spiro atoms. The molecule has 0 aliphatic heterocycles. The summed E-state index contributed by atoms with van der Waals surface area (Å²) in [6.07, 6.45) is 2.37. The van der Waals surface area contributed by atoms with Crippen molar-refractivity contribution in [2.75, 3.05) is 13.7 Å². The van der Waals surface area contributed by atoms with Gasteiger partial charge in [0, 0.05) is 13.7 Å². The van der Waals surface area contributed by atoms with Gasteiger partial charge in [-0.15, -0.1) is 0 Å². The highest BCUT2D eigenvalue weighted by Crippen LogP contribution is 2.21. The van der Waals surface area contributed by atoms with Gasteiger partial charge in [0.05, 0.1) is 24.2 Å². The summed E-state index contributed by atoms with van der Waals surface area (Å²) < 4.78 is 5.25. The number of carboxylic acid groups (broad SMARTS) is 1. The zero-order chi connectivity index (χ0) is 14.5. The second-order valence-corrected chi connectivity index (χ2v) is 5.21. The van der Waals surface area contributed by atoms with Crippen LogP contribution in [0.4, 0.5) is 4.79 Å². The van der Waals surface area contributed by atoms with E-state index < -0.39 is 24.0 Å². The Labute approximate surface area is 112 Å². The maximum absolute atomic E-state index is 11.7. The molecule has 2 amide bonds. The third kappa shape index (κ3) is 5.44. The molecule has 1 aliphatic rings. The van der Waals surface area contributed by atoms with E-state index in [0.717, 1.165) is 19.3 Å². The van der Waals surface area contributed by atoms with Crippen LogP contribution in [0.2, 0.25) is 0 Å². The molecule has 1 fully saturated rings. The monoisotopic (exact) mass is 274 g/mol. The maximum atomic E-state index is 11.7. The molecule has 3 unspecified atom stereocenters. The van der Waals surface area contributed by atoms with E-state index in [2.05, 4.69) is 10.6 Å². The van der Waals surface area contributed by atoms with Crippen LogP contribution in [0.15, 0.2) is 0 Å². The van der Waals surface area contributed by atoms with E-state index in [4.69, 9.17) is 9.84 Å². The Hall–Kier alpha value is -1.34. The topological polar surface area (TPSA) is 108 Å². The predicted octanol–water partition coefficient (Wildman–Crippen LogP) is 0.0788. The van der Waals surface area contributed by atoms with Crippen molar-refractivity contribution < 1.29 is 24.5 Å². The molecule has 19 heavy (non-hydrogen) atoms. The maximum Gasteiger partial charge on any atom is 0.315 e. The fourth-order valence-electron chi connectivity index (χ4n) is 2.25. The Morgan fingerprint density at radius 1 is 1.42 bits per heavy atom. The Morgan fingerprint density at radius 2 is 2.11 bits per heavy atom. The van der Waals surface area contributed by atoms with Crippen molar-refractivity contribution in [3.63, 3.8) is 0 Å². The van der Waals surface area contributed by atoms with E-state index in [1.54, 1.807) is 7.11 Å². The lowest BCUT2D eigenvalue weighted by atomic mass is 10.0. The molecule has 7 heteroatoms. The molecule has 3 atom stereocenters. The number of aliphatic carboxylic acids is 1. The molecule has 1 rings (SSSR count). The number of amides is 2. The quantitative estimate of drug-likeness (QED) is 0.548. The SMILES string of the molecule is COC1CCCC1NC(=O)NCC(C)(O)CC(=O)O. The van der Waals surface area contributed by atoms with Crippen molar-refractivity contribution in [2.24, 2.45) is 0 Å². The van der Waals surface area contributed by atoms with Gasteiger partial charge in [-0.2, -0.15) is 0 Å². The number of nitrogens with one attached hydrogen (secondary N) is 2. The van der Waals surface area contributed by atoms with Crippen LogP contribution < -0.4 is 10.6 Å². The first-order valence-corrected chi connectivity index (χ1v) is 6.35.